The van der Waals surface area contributed by atoms with Gasteiger partial charge in [0.1, 0.15) is 11.7 Å². The predicted octanol–water partition coefficient (Wildman–Crippen LogP) is 0.302. The van der Waals surface area contributed by atoms with Crippen molar-refractivity contribution in [2.45, 2.75) is 18.9 Å². The van der Waals surface area contributed by atoms with Gasteiger partial charge in [-0.15, -0.1) is 6.58 Å². The zero-order valence-corrected chi connectivity index (χ0v) is 8.10. The smallest absolute Gasteiger partial charge is 0.316 e. The Bertz CT molecular complexity index is 251. The molecule has 1 aliphatic rings. The van der Waals surface area contributed by atoms with E-state index in [4.69, 9.17) is 0 Å². The second-order valence-electron chi connectivity index (χ2n) is 3.43. The van der Waals surface area contributed by atoms with Gasteiger partial charge in [-0.2, -0.15) is 0 Å². The summed E-state index contributed by atoms with van der Waals surface area (Å²) in [6.45, 7) is 3.53. The van der Waals surface area contributed by atoms with E-state index in [1.807, 2.05) is 0 Å². The summed E-state index contributed by atoms with van der Waals surface area (Å²) in [4.78, 5) is 22.6. The van der Waals surface area contributed by atoms with Gasteiger partial charge in [-0.3, -0.25) is 9.59 Å². The quantitative estimate of drug-likeness (QED) is 0.402. The van der Waals surface area contributed by atoms with E-state index >= 15 is 0 Å². The van der Waals surface area contributed by atoms with Crippen molar-refractivity contribution in [3.63, 3.8) is 0 Å². The molecule has 0 amide bonds. The lowest BCUT2D eigenvalue weighted by atomic mass is 9.91. The molecule has 0 aliphatic heterocycles. The van der Waals surface area contributed by atoms with Crippen molar-refractivity contribution in [1.82, 2.24) is 0 Å². The lowest BCUT2D eigenvalue weighted by Gasteiger charge is -2.16. The van der Waals surface area contributed by atoms with Crippen LogP contribution in [0.5, 0.6) is 0 Å². The number of rotatable bonds is 3. The second-order valence-corrected chi connectivity index (χ2v) is 3.43. The van der Waals surface area contributed by atoms with E-state index in [0.717, 1.165) is 0 Å². The minimum atomic E-state index is -0.812. The van der Waals surface area contributed by atoms with Crippen LogP contribution in [0.4, 0.5) is 0 Å². The molecule has 4 nitrogen and oxygen atoms in total. The second kappa shape index (κ2) is 4.37. The van der Waals surface area contributed by atoms with E-state index in [-0.39, 0.29) is 18.1 Å². The Morgan fingerprint density at radius 2 is 2.43 bits per heavy atom. The summed E-state index contributed by atoms with van der Waals surface area (Å²) in [5.41, 5.74) is 0. The fraction of sp³-hybridized carbons (Fsp3) is 0.600. The van der Waals surface area contributed by atoms with Gasteiger partial charge in [0.25, 0.3) is 0 Å². The molecule has 0 aromatic rings. The molecule has 0 unspecified atom stereocenters. The first-order valence-corrected chi connectivity index (χ1v) is 4.51. The van der Waals surface area contributed by atoms with Crippen molar-refractivity contribution in [1.29, 1.82) is 0 Å². The lowest BCUT2D eigenvalue weighted by molar-refractivity contribution is -0.150. The number of carbonyl (C=O) groups excluding carboxylic acids is 2. The molecule has 4 heteroatoms. The molecule has 0 saturated heterocycles. The Morgan fingerprint density at radius 1 is 1.79 bits per heavy atom. The number of aliphatic hydroxyl groups excluding tert-OH is 1. The number of hydrogen-bond acceptors (Lipinski definition) is 4. The molecule has 0 spiro atoms. The van der Waals surface area contributed by atoms with Crippen molar-refractivity contribution in [3.8, 4) is 0 Å². The third-order valence-electron chi connectivity index (χ3n) is 2.57. The zero-order valence-electron chi connectivity index (χ0n) is 8.10. The SMILES string of the molecule is C=CC[C@@H]1[C@@H](C(=O)OC)C(=O)C[C@@H]1O. The number of methoxy groups -OCH3 is 1. The number of esters is 1. The van der Waals surface area contributed by atoms with Gasteiger partial charge in [-0.1, -0.05) is 6.08 Å². The predicted molar refractivity (Wildman–Crippen MR) is 49.4 cm³/mol. The minimum Gasteiger partial charge on any atom is -0.468 e. The van der Waals surface area contributed by atoms with Gasteiger partial charge in [-0.25, -0.2) is 0 Å². The third kappa shape index (κ3) is 1.85. The molecular weight excluding hydrogens is 184 g/mol. The maximum atomic E-state index is 11.4. The van der Waals surface area contributed by atoms with Gasteiger partial charge in [0.15, 0.2) is 0 Å². The van der Waals surface area contributed by atoms with Crippen molar-refractivity contribution in [2.75, 3.05) is 7.11 Å². The number of Topliss-reactive ketones (excluding diaryl/α,β-unsaturated/α-hetero) is 1. The highest BCUT2D eigenvalue weighted by Gasteiger charge is 2.45. The van der Waals surface area contributed by atoms with Crippen molar-refractivity contribution >= 4 is 11.8 Å². The highest BCUT2D eigenvalue weighted by molar-refractivity contribution is 6.01. The summed E-state index contributed by atoms with van der Waals surface area (Å²) < 4.78 is 4.52. The van der Waals surface area contributed by atoms with Gasteiger partial charge >= 0.3 is 5.97 Å². The van der Waals surface area contributed by atoms with Crippen LogP contribution < -0.4 is 0 Å². The van der Waals surface area contributed by atoms with Gasteiger partial charge in [0.2, 0.25) is 0 Å². The van der Waals surface area contributed by atoms with Crippen LogP contribution in [-0.4, -0.2) is 30.1 Å². The van der Waals surface area contributed by atoms with Gasteiger partial charge in [0.05, 0.1) is 13.2 Å². The van der Waals surface area contributed by atoms with Gasteiger partial charge < -0.3 is 9.84 Å². The number of allylic oxidation sites excluding steroid dienone is 1. The van der Waals surface area contributed by atoms with Crippen LogP contribution in [0.15, 0.2) is 12.7 Å². The molecule has 0 aromatic carbocycles. The first kappa shape index (κ1) is 10.9. The molecule has 0 aromatic heterocycles. The van der Waals surface area contributed by atoms with E-state index in [1.165, 1.54) is 7.11 Å². The molecule has 0 heterocycles. The molecule has 78 valence electrons. The molecule has 0 bridgehead atoms. The summed E-state index contributed by atoms with van der Waals surface area (Å²) in [5, 5.41) is 9.53. The number of ether oxygens (including phenoxy) is 1. The molecule has 14 heavy (non-hydrogen) atoms. The standard InChI is InChI=1S/C10H14O4/c1-3-4-6-7(11)5-8(12)9(6)10(13)14-2/h3,6-7,9,11H,1,4-5H2,2H3/t6-,7-,9+/m0/s1. The Morgan fingerprint density at radius 3 is 2.93 bits per heavy atom. The van der Waals surface area contributed by atoms with Gasteiger partial charge in [0, 0.05) is 12.3 Å². The van der Waals surface area contributed by atoms with Crippen LogP contribution in [0, 0.1) is 11.8 Å². The molecule has 1 fully saturated rings. The summed E-state index contributed by atoms with van der Waals surface area (Å²) in [6, 6.07) is 0. The Balaban J connectivity index is 2.82. The largest absolute Gasteiger partial charge is 0.468 e. The van der Waals surface area contributed by atoms with Crippen LogP contribution in [-0.2, 0) is 14.3 Å². The molecule has 3 atom stereocenters. The van der Waals surface area contributed by atoms with Crippen molar-refractivity contribution < 1.29 is 19.4 Å². The minimum absolute atomic E-state index is 0.0400. The maximum absolute atomic E-state index is 11.4. The average Bonchev–Trinajstić information content (AvgIpc) is 2.42. The molecule has 1 N–H and O–H groups in total. The molecule has 1 rings (SSSR count). The first-order valence-electron chi connectivity index (χ1n) is 4.51. The van der Waals surface area contributed by atoms with E-state index in [0.29, 0.717) is 6.42 Å². The number of aliphatic hydroxyl groups is 1. The normalized spacial score (nSPS) is 31.6. The molecular formula is C10H14O4. The Labute approximate surface area is 82.6 Å². The van der Waals surface area contributed by atoms with Crippen LogP contribution in [0.25, 0.3) is 0 Å². The number of ketones is 1. The molecule has 1 saturated carbocycles. The van der Waals surface area contributed by atoms with Gasteiger partial charge in [-0.05, 0) is 6.42 Å². The van der Waals surface area contributed by atoms with Crippen LogP contribution in [0.3, 0.4) is 0 Å². The summed E-state index contributed by atoms with van der Waals surface area (Å²) >= 11 is 0. The highest BCUT2D eigenvalue weighted by Crippen LogP contribution is 2.32. The fourth-order valence-corrected chi connectivity index (χ4v) is 1.86. The number of carbonyl (C=O) groups is 2. The first-order chi connectivity index (χ1) is 6.61. The number of hydrogen-bond donors (Lipinski definition) is 1. The van der Waals surface area contributed by atoms with Crippen molar-refractivity contribution in [3.05, 3.63) is 12.7 Å². The summed E-state index contributed by atoms with van der Waals surface area (Å²) in [6.07, 6.45) is 1.34. The van der Waals surface area contributed by atoms with Crippen LogP contribution in [0.1, 0.15) is 12.8 Å². The lowest BCUT2D eigenvalue weighted by Crippen LogP contribution is -2.28. The molecule has 0 radical (unpaired) electrons. The highest BCUT2D eigenvalue weighted by atomic mass is 16.5. The van der Waals surface area contributed by atoms with E-state index in [1.54, 1.807) is 6.08 Å². The summed E-state index contributed by atoms with van der Waals surface area (Å²) in [7, 11) is 1.24. The van der Waals surface area contributed by atoms with Crippen LogP contribution in [0.2, 0.25) is 0 Å². The molecule has 1 aliphatic carbocycles. The van der Waals surface area contributed by atoms with E-state index in [9.17, 15) is 14.7 Å². The van der Waals surface area contributed by atoms with Crippen LogP contribution >= 0.6 is 0 Å². The van der Waals surface area contributed by atoms with E-state index < -0.39 is 18.0 Å². The zero-order chi connectivity index (χ0) is 10.7. The third-order valence-corrected chi connectivity index (χ3v) is 2.57. The summed E-state index contributed by atoms with van der Waals surface area (Å²) in [5.74, 6) is -1.98. The topological polar surface area (TPSA) is 63.6 Å². The fourth-order valence-electron chi connectivity index (χ4n) is 1.86. The Kier molecular flexibility index (Phi) is 3.41. The Hall–Kier alpha value is -1.16. The average molecular weight is 198 g/mol. The van der Waals surface area contributed by atoms with E-state index in [2.05, 4.69) is 11.3 Å². The monoisotopic (exact) mass is 198 g/mol. The van der Waals surface area contributed by atoms with Crippen molar-refractivity contribution in [2.24, 2.45) is 11.8 Å². The maximum Gasteiger partial charge on any atom is 0.316 e.